The van der Waals surface area contributed by atoms with E-state index in [1.54, 1.807) is 13.8 Å². The van der Waals surface area contributed by atoms with E-state index < -0.39 is 11.2 Å². The summed E-state index contributed by atoms with van der Waals surface area (Å²) in [5.74, 6) is 0. The lowest BCUT2D eigenvalue weighted by Crippen LogP contribution is -2.47. The van der Waals surface area contributed by atoms with Crippen LogP contribution in [0.4, 0.5) is 0 Å². The molecule has 0 amide bonds. The smallest absolute Gasteiger partial charge is 0.120 e. The third-order valence-corrected chi connectivity index (χ3v) is 4.14. The van der Waals surface area contributed by atoms with Crippen LogP contribution in [0.15, 0.2) is 48.5 Å². The van der Waals surface area contributed by atoms with E-state index in [2.05, 4.69) is 0 Å². The first-order valence-corrected chi connectivity index (χ1v) is 6.10. The molecule has 0 heterocycles. The molecule has 0 unspecified atom stereocenters. The fourth-order valence-corrected chi connectivity index (χ4v) is 2.81. The van der Waals surface area contributed by atoms with Crippen molar-refractivity contribution in [3.05, 3.63) is 59.7 Å². The van der Waals surface area contributed by atoms with Gasteiger partial charge < -0.3 is 10.2 Å². The lowest BCUT2D eigenvalue weighted by Gasteiger charge is -2.45. The van der Waals surface area contributed by atoms with Gasteiger partial charge in [0.25, 0.3) is 0 Å². The monoisotopic (exact) mass is 240 g/mol. The zero-order valence-corrected chi connectivity index (χ0v) is 10.5. The van der Waals surface area contributed by atoms with Crippen molar-refractivity contribution in [3.63, 3.8) is 0 Å². The SMILES string of the molecule is C[C@]1(O)c2ccccc2-c2ccccc2[C@@]1(C)O. The van der Waals surface area contributed by atoms with E-state index in [0.29, 0.717) is 0 Å². The Bertz CT molecular complexity index is 556. The van der Waals surface area contributed by atoms with Crippen LogP contribution < -0.4 is 0 Å². The number of fused-ring (bicyclic) bond motifs is 3. The maximum atomic E-state index is 10.8. The van der Waals surface area contributed by atoms with E-state index >= 15 is 0 Å². The molecule has 0 bridgehead atoms. The third-order valence-electron chi connectivity index (χ3n) is 4.14. The summed E-state index contributed by atoms with van der Waals surface area (Å²) in [5, 5.41) is 21.5. The standard InChI is InChI=1S/C16H16O2/c1-15(17)13-9-5-3-7-11(13)12-8-4-6-10-14(12)16(15,2)18/h3-10,17-18H,1-2H3/t15-,16+. The average Bonchev–Trinajstić information content (AvgIpc) is 2.37. The number of hydrogen-bond donors (Lipinski definition) is 2. The Morgan fingerprint density at radius 2 is 1.00 bits per heavy atom. The molecule has 2 N–H and O–H groups in total. The van der Waals surface area contributed by atoms with Gasteiger partial charge in [0.15, 0.2) is 0 Å². The van der Waals surface area contributed by atoms with Gasteiger partial charge >= 0.3 is 0 Å². The lowest BCUT2D eigenvalue weighted by atomic mass is 9.67. The summed E-state index contributed by atoms with van der Waals surface area (Å²) < 4.78 is 0. The Labute approximate surface area is 107 Å². The predicted octanol–water partition coefficient (Wildman–Crippen LogP) is 2.78. The molecule has 3 rings (SSSR count). The van der Waals surface area contributed by atoms with Crippen LogP contribution in [0.5, 0.6) is 0 Å². The largest absolute Gasteiger partial charge is 0.382 e. The van der Waals surface area contributed by atoms with Gasteiger partial charge in [0.05, 0.1) is 0 Å². The normalized spacial score (nSPS) is 29.6. The van der Waals surface area contributed by atoms with E-state index in [0.717, 1.165) is 22.3 Å². The van der Waals surface area contributed by atoms with Crippen molar-refractivity contribution in [2.24, 2.45) is 0 Å². The van der Waals surface area contributed by atoms with Gasteiger partial charge in [0.2, 0.25) is 0 Å². The van der Waals surface area contributed by atoms with Gasteiger partial charge in [-0.25, -0.2) is 0 Å². The van der Waals surface area contributed by atoms with Crippen LogP contribution in [-0.2, 0) is 11.2 Å². The van der Waals surface area contributed by atoms with Crippen molar-refractivity contribution in [1.29, 1.82) is 0 Å². The molecule has 1 aliphatic rings. The van der Waals surface area contributed by atoms with Gasteiger partial charge in [0.1, 0.15) is 11.2 Å². The molecule has 2 nitrogen and oxygen atoms in total. The van der Waals surface area contributed by atoms with Crippen molar-refractivity contribution < 1.29 is 10.2 Å². The molecule has 18 heavy (non-hydrogen) atoms. The predicted molar refractivity (Wildman–Crippen MR) is 71.0 cm³/mol. The van der Waals surface area contributed by atoms with Crippen LogP contribution in [0.25, 0.3) is 11.1 Å². The Balaban J connectivity index is 2.43. The zero-order chi connectivity index (χ0) is 13.0. The number of hydrogen-bond acceptors (Lipinski definition) is 2. The van der Waals surface area contributed by atoms with Crippen LogP contribution in [0, 0.1) is 0 Å². The Kier molecular flexibility index (Phi) is 2.19. The number of rotatable bonds is 0. The van der Waals surface area contributed by atoms with Crippen molar-refractivity contribution in [2.75, 3.05) is 0 Å². The molecule has 92 valence electrons. The summed E-state index contributed by atoms with van der Waals surface area (Å²) in [5.41, 5.74) is 0.937. The fourth-order valence-electron chi connectivity index (χ4n) is 2.81. The summed E-state index contributed by atoms with van der Waals surface area (Å²) in [6, 6.07) is 15.4. The second-order valence-electron chi connectivity index (χ2n) is 5.24. The summed E-state index contributed by atoms with van der Waals surface area (Å²) in [4.78, 5) is 0. The quantitative estimate of drug-likeness (QED) is 0.743. The molecule has 0 aliphatic heterocycles. The average molecular weight is 240 g/mol. The van der Waals surface area contributed by atoms with Gasteiger partial charge in [0, 0.05) is 0 Å². The molecule has 1 aliphatic carbocycles. The van der Waals surface area contributed by atoms with Crippen LogP contribution in [0.1, 0.15) is 25.0 Å². The Morgan fingerprint density at radius 3 is 1.39 bits per heavy atom. The minimum atomic E-state index is -1.29. The van der Waals surface area contributed by atoms with Crippen LogP contribution in [0.3, 0.4) is 0 Å². The molecule has 0 fully saturated rings. The highest BCUT2D eigenvalue weighted by Crippen LogP contribution is 2.50. The van der Waals surface area contributed by atoms with Crippen molar-refractivity contribution in [3.8, 4) is 11.1 Å². The van der Waals surface area contributed by atoms with Gasteiger partial charge in [-0.3, -0.25) is 0 Å². The number of benzene rings is 2. The highest BCUT2D eigenvalue weighted by Gasteiger charge is 2.49. The van der Waals surface area contributed by atoms with Crippen molar-refractivity contribution >= 4 is 0 Å². The molecule has 0 saturated heterocycles. The van der Waals surface area contributed by atoms with E-state index in [-0.39, 0.29) is 0 Å². The Morgan fingerprint density at radius 1 is 0.667 bits per heavy atom. The molecule has 0 spiro atoms. The summed E-state index contributed by atoms with van der Waals surface area (Å²) in [6.45, 7) is 3.34. The van der Waals surface area contributed by atoms with Crippen molar-refractivity contribution in [1.82, 2.24) is 0 Å². The van der Waals surface area contributed by atoms with Crippen LogP contribution >= 0.6 is 0 Å². The van der Waals surface area contributed by atoms with Gasteiger partial charge in [-0.15, -0.1) is 0 Å². The Hall–Kier alpha value is -1.64. The minimum absolute atomic E-state index is 0.772. The van der Waals surface area contributed by atoms with E-state index in [9.17, 15) is 10.2 Å². The van der Waals surface area contributed by atoms with E-state index in [1.165, 1.54) is 0 Å². The minimum Gasteiger partial charge on any atom is -0.382 e. The topological polar surface area (TPSA) is 40.5 Å². The van der Waals surface area contributed by atoms with Crippen LogP contribution in [-0.4, -0.2) is 10.2 Å². The molecule has 0 radical (unpaired) electrons. The van der Waals surface area contributed by atoms with E-state index in [4.69, 9.17) is 0 Å². The molecule has 0 saturated carbocycles. The third kappa shape index (κ3) is 1.25. The maximum Gasteiger partial charge on any atom is 0.120 e. The lowest BCUT2D eigenvalue weighted by molar-refractivity contribution is -0.144. The second-order valence-corrected chi connectivity index (χ2v) is 5.24. The molecule has 0 aromatic heterocycles. The van der Waals surface area contributed by atoms with Gasteiger partial charge in [-0.2, -0.15) is 0 Å². The van der Waals surface area contributed by atoms with Crippen LogP contribution in [0.2, 0.25) is 0 Å². The summed E-state index contributed by atoms with van der Waals surface area (Å²) >= 11 is 0. The fraction of sp³-hybridized carbons (Fsp3) is 0.250. The highest BCUT2D eigenvalue weighted by atomic mass is 16.4. The highest BCUT2D eigenvalue weighted by molar-refractivity contribution is 5.76. The first-order chi connectivity index (χ1) is 8.46. The first-order valence-electron chi connectivity index (χ1n) is 6.10. The first kappa shape index (κ1) is 11.5. The molecule has 2 aromatic rings. The molecular formula is C16H16O2. The summed E-state index contributed by atoms with van der Waals surface area (Å²) in [7, 11) is 0. The van der Waals surface area contributed by atoms with E-state index in [1.807, 2.05) is 48.5 Å². The zero-order valence-electron chi connectivity index (χ0n) is 10.5. The van der Waals surface area contributed by atoms with Crippen molar-refractivity contribution in [2.45, 2.75) is 25.0 Å². The number of aliphatic hydroxyl groups is 2. The second kappa shape index (κ2) is 3.44. The van der Waals surface area contributed by atoms with Gasteiger partial charge in [-0.1, -0.05) is 48.5 Å². The molecule has 2 atom stereocenters. The molecule has 2 aromatic carbocycles. The maximum absolute atomic E-state index is 10.8. The molecule has 2 heteroatoms. The van der Waals surface area contributed by atoms with Gasteiger partial charge in [-0.05, 0) is 36.1 Å². The molecular weight excluding hydrogens is 224 g/mol. The summed E-state index contributed by atoms with van der Waals surface area (Å²) in [6.07, 6.45) is 0.